The SMILES string of the molecule is O=C(CO)N1CCC(C=S)CC1. The van der Waals surface area contributed by atoms with Gasteiger partial charge >= 0.3 is 0 Å². The van der Waals surface area contributed by atoms with E-state index < -0.39 is 0 Å². The van der Waals surface area contributed by atoms with E-state index in [1.54, 1.807) is 10.3 Å². The summed E-state index contributed by atoms with van der Waals surface area (Å²) in [6, 6.07) is 0. The van der Waals surface area contributed by atoms with E-state index in [4.69, 9.17) is 17.3 Å². The second kappa shape index (κ2) is 4.52. The summed E-state index contributed by atoms with van der Waals surface area (Å²) in [4.78, 5) is 12.7. The first kappa shape index (κ1) is 9.61. The maximum Gasteiger partial charge on any atom is 0.248 e. The van der Waals surface area contributed by atoms with Gasteiger partial charge in [-0.25, -0.2) is 0 Å². The fourth-order valence-electron chi connectivity index (χ4n) is 1.38. The van der Waals surface area contributed by atoms with Gasteiger partial charge in [0, 0.05) is 13.1 Å². The van der Waals surface area contributed by atoms with Crippen LogP contribution in [0.2, 0.25) is 0 Å². The first-order valence-corrected chi connectivity index (χ1v) is 4.59. The molecule has 0 radical (unpaired) electrons. The highest BCUT2D eigenvalue weighted by molar-refractivity contribution is 7.79. The van der Waals surface area contributed by atoms with Crippen LogP contribution in [0.25, 0.3) is 0 Å². The van der Waals surface area contributed by atoms with Crippen LogP contribution in [0.1, 0.15) is 12.8 Å². The minimum atomic E-state index is -0.373. The Hall–Kier alpha value is -0.480. The molecule has 0 aromatic carbocycles. The van der Waals surface area contributed by atoms with Gasteiger partial charge in [0.15, 0.2) is 0 Å². The summed E-state index contributed by atoms with van der Waals surface area (Å²) in [7, 11) is 0. The van der Waals surface area contributed by atoms with Crippen LogP contribution in [0.5, 0.6) is 0 Å². The third-order valence-electron chi connectivity index (χ3n) is 2.22. The van der Waals surface area contributed by atoms with E-state index in [2.05, 4.69) is 0 Å². The van der Waals surface area contributed by atoms with Crippen molar-refractivity contribution in [3.8, 4) is 0 Å². The molecule has 0 atom stereocenters. The van der Waals surface area contributed by atoms with E-state index >= 15 is 0 Å². The molecule has 1 fully saturated rings. The molecule has 0 aromatic heterocycles. The number of hydrogen-bond acceptors (Lipinski definition) is 3. The van der Waals surface area contributed by atoms with Crippen molar-refractivity contribution < 1.29 is 9.90 Å². The van der Waals surface area contributed by atoms with Gasteiger partial charge in [-0.05, 0) is 24.1 Å². The van der Waals surface area contributed by atoms with Crippen molar-refractivity contribution >= 4 is 23.5 Å². The van der Waals surface area contributed by atoms with Crippen molar-refractivity contribution in [2.45, 2.75) is 12.8 Å². The molecule has 0 saturated carbocycles. The lowest BCUT2D eigenvalue weighted by molar-refractivity contribution is -0.135. The smallest absolute Gasteiger partial charge is 0.248 e. The number of carbonyl (C=O) groups excluding carboxylic acids is 1. The highest BCUT2D eigenvalue weighted by Gasteiger charge is 2.20. The minimum absolute atomic E-state index is 0.169. The Labute approximate surface area is 77.4 Å². The average molecular weight is 187 g/mol. The predicted octanol–water partition coefficient (Wildman–Crippen LogP) is 0.217. The lowest BCUT2D eigenvalue weighted by atomic mass is 9.99. The van der Waals surface area contributed by atoms with Crippen LogP contribution in [0.3, 0.4) is 0 Å². The third-order valence-corrected chi connectivity index (χ3v) is 2.60. The Bertz CT molecular complexity index is 176. The van der Waals surface area contributed by atoms with Crippen molar-refractivity contribution in [1.82, 2.24) is 4.90 Å². The van der Waals surface area contributed by atoms with E-state index in [0.717, 1.165) is 25.9 Å². The van der Waals surface area contributed by atoms with E-state index in [1.165, 1.54) is 0 Å². The Morgan fingerprint density at radius 2 is 2.17 bits per heavy atom. The summed E-state index contributed by atoms with van der Waals surface area (Å²) in [6.07, 6.45) is 1.88. The molecule has 0 bridgehead atoms. The molecule has 0 aromatic rings. The summed E-state index contributed by atoms with van der Waals surface area (Å²) in [5.74, 6) is 0.306. The molecular weight excluding hydrogens is 174 g/mol. The highest BCUT2D eigenvalue weighted by Crippen LogP contribution is 2.14. The van der Waals surface area contributed by atoms with Crippen molar-refractivity contribution in [2.75, 3.05) is 19.7 Å². The van der Waals surface area contributed by atoms with Crippen molar-refractivity contribution in [1.29, 1.82) is 0 Å². The number of amides is 1. The number of rotatable bonds is 2. The van der Waals surface area contributed by atoms with Crippen molar-refractivity contribution in [2.24, 2.45) is 5.92 Å². The number of aliphatic hydroxyl groups is 1. The largest absolute Gasteiger partial charge is 0.387 e. The molecule has 12 heavy (non-hydrogen) atoms. The van der Waals surface area contributed by atoms with E-state index in [-0.39, 0.29) is 12.5 Å². The van der Waals surface area contributed by atoms with Gasteiger partial charge in [-0.3, -0.25) is 4.79 Å². The number of thiocarbonyl (C=S) groups is 1. The number of likely N-dealkylation sites (tertiary alicyclic amines) is 1. The quantitative estimate of drug-likeness (QED) is 0.629. The minimum Gasteiger partial charge on any atom is -0.387 e. The Kier molecular flexibility index (Phi) is 3.62. The number of aliphatic hydroxyl groups excluding tert-OH is 1. The molecule has 1 aliphatic heterocycles. The maximum atomic E-state index is 11.0. The van der Waals surface area contributed by atoms with Crippen molar-refractivity contribution in [3.63, 3.8) is 0 Å². The van der Waals surface area contributed by atoms with Gasteiger partial charge < -0.3 is 10.0 Å². The lowest BCUT2D eigenvalue weighted by Gasteiger charge is -2.29. The standard InChI is InChI=1S/C8H13NO2S/c10-5-8(11)9-3-1-7(6-12)2-4-9/h6-7,10H,1-5H2. The zero-order valence-corrected chi connectivity index (χ0v) is 7.72. The van der Waals surface area contributed by atoms with Gasteiger partial charge in [0.1, 0.15) is 6.61 Å². The van der Waals surface area contributed by atoms with E-state index in [1.807, 2.05) is 0 Å². The predicted molar refractivity (Wildman–Crippen MR) is 50.0 cm³/mol. The van der Waals surface area contributed by atoms with Gasteiger partial charge in [0.2, 0.25) is 5.91 Å². The van der Waals surface area contributed by atoms with Crippen LogP contribution < -0.4 is 0 Å². The topological polar surface area (TPSA) is 40.5 Å². The zero-order chi connectivity index (χ0) is 8.97. The summed E-state index contributed by atoms with van der Waals surface area (Å²) < 4.78 is 0. The molecular formula is C8H13NO2S. The highest BCUT2D eigenvalue weighted by atomic mass is 32.1. The number of carbonyl (C=O) groups is 1. The van der Waals surface area contributed by atoms with Gasteiger partial charge in [-0.2, -0.15) is 0 Å². The second-order valence-corrected chi connectivity index (χ2v) is 3.28. The molecule has 0 unspecified atom stereocenters. The number of piperidine rings is 1. The van der Waals surface area contributed by atoms with Crippen LogP contribution >= 0.6 is 12.2 Å². The Morgan fingerprint density at radius 3 is 2.58 bits per heavy atom. The zero-order valence-electron chi connectivity index (χ0n) is 6.90. The Balaban J connectivity index is 2.35. The molecule has 0 spiro atoms. The van der Waals surface area contributed by atoms with Crippen LogP contribution in [0.15, 0.2) is 0 Å². The maximum absolute atomic E-state index is 11.0. The van der Waals surface area contributed by atoms with Gasteiger partial charge in [-0.15, -0.1) is 0 Å². The number of hydrogen-bond donors (Lipinski definition) is 1. The molecule has 1 rings (SSSR count). The molecule has 1 saturated heterocycles. The van der Waals surface area contributed by atoms with Crippen LogP contribution in [0, 0.1) is 5.92 Å². The average Bonchev–Trinajstić information content (AvgIpc) is 2.17. The molecule has 1 aliphatic rings. The van der Waals surface area contributed by atoms with E-state index in [9.17, 15) is 4.79 Å². The molecule has 1 N–H and O–H groups in total. The molecule has 1 amide bonds. The molecule has 3 nitrogen and oxygen atoms in total. The second-order valence-electron chi connectivity index (χ2n) is 3.01. The summed E-state index contributed by atoms with van der Waals surface area (Å²) in [5, 5.41) is 10.4. The third kappa shape index (κ3) is 2.25. The van der Waals surface area contributed by atoms with Crippen LogP contribution in [0.4, 0.5) is 0 Å². The Morgan fingerprint density at radius 1 is 1.58 bits per heavy atom. The number of nitrogens with zero attached hydrogens (tertiary/aromatic N) is 1. The summed E-state index contributed by atoms with van der Waals surface area (Å²) in [6.45, 7) is 1.09. The monoisotopic (exact) mass is 187 g/mol. The first-order valence-electron chi connectivity index (χ1n) is 4.12. The van der Waals surface area contributed by atoms with Gasteiger partial charge in [0.25, 0.3) is 0 Å². The fraction of sp³-hybridized carbons (Fsp3) is 0.750. The molecule has 1 heterocycles. The van der Waals surface area contributed by atoms with E-state index in [0.29, 0.717) is 5.92 Å². The van der Waals surface area contributed by atoms with Gasteiger partial charge in [-0.1, -0.05) is 12.2 Å². The first-order chi connectivity index (χ1) is 5.77. The van der Waals surface area contributed by atoms with Crippen molar-refractivity contribution in [3.05, 3.63) is 0 Å². The lowest BCUT2D eigenvalue weighted by Crippen LogP contribution is -2.40. The van der Waals surface area contributed by atoms with Crippen LogP contribution in [-0.4, -0.2) is 41.0 Å². The van der Waals surface area contributed by atoms with Crippen LogP contribution in [-0.2, 0) is 4.79 Å². The van der Waals surface area contributed by atoms with Gasteiger partial charge in [0.05, 0.1) is 0 Å². The normalized spacial score (nSPS) is 19.2. The molecule has 4 heteroatoms. The molecule has 0 aliphatic carbocycles. The fourth-order valence-corrected chi connectivity index (χ4v) is 1.66. The summed E-state index contributed by atoms with van der Waals surface area (Å²) in [5.41, 5.74) is 0. The summed E-state index contributed by atoms with van der Waals surface area (Å²) >= 11 is 4.83. The molecule has 68 valence electrons.